The van der Waals surface area contributed by atoms with Crippen LogP contribution in [0.3, 0.4) is 0 Å². The minimum atomic E-state index is -1.45. The lowest BCUT2D eigenvalue weighted by Crippen LogP contribution is -2.54. The Morgan fingerprint density at radius 1 is 0.697 bits per heavy atom. The van der Waals surface area contributed by atoms with E-state index < -0.39 is 54.5 Å². The molecule has 0 heterocycles. The van der Waals surface area contributed by atoms with E-state index in [9.17, 15) is 29.4 Å². The van der Waals surface area contributed by atoms with Gasteiger partial charge in [-0.3, -0.25) is 9.59 Å². The molecule has 33 heavy (non-hydrogen) atoms. The highest BCUT2D eigenvalue weighted by Crippen LogP contribution is 2.46. The van der Waals surface area contributed by atoms with Gasteiger partial charge in [-0.25, -0.2) is 9.59 Å². The van der Waals surface area contributed by atoms with Gasteiger partial charge in [-0.15, -0.1) is 0 Å². The monoisotopic (exact) mass is 468 g/mol. The van der Waals surface area contributed by atoms with Gasteiger partial charge in [0.15, 0.2) is 12.1 Å². The van der Waals surface area contributed by atoms with Crippen LogP contribution >= 0.6 is 0 Å². The van der Waals surface area contributed by atoms with Crippen LogP contribution in [-0.4, -0.2) is 71.5 Å². The predicted molar refractivity (Wildman–Crippen MR) is 116 cm³/mol. The van der Waals surface area contributed by atoms with E-state index in [1.807, 2.05) is 0 Å². The average Bonchev–Trinajstić information content (AvgIpc) is 3.64. The highest BCUT2D eigenvalue weighted by Gasteiger charge is 2.57. The molecular weight excluding hydrogens is 432 g/mol. The number of esters is 2. The molecule has 2 amide bonds. The zero-order valence-electron chi connectivity index (χ0n) is 19.1. The molecule has 3 aliphatic rings. The second-order valence-corrected chi connectivity index (χ2v) is 9.39. The van der Waals surface area contributed by atoms with Gasteiger partial charge in [-0.05, 0) is 64.2 Å². The van der Waals surface area contributed by atoms with E-state index in [0.717, 1.165) is 64.2 Å². The first-order valence-corrected chi connectivity index (χ1v) is 12.1. The minimum Gasteiger partial charge on any atom is -0.461 e. The average molecular weight is 469 g/mol. The Hall–Kier alpha value is -2.20. The first-order valence-electron chi connectivity index (χ1n) is 12.1. The van der Waals surface area contributed by atoms with Crippen LogP contribution in [-0.2, 0) is 28.7 Å². The van der Waals surface area contributed by atoms with Gasteiger partial charge < -0.3 is 30.3 Å². The summed E-state index contributed by atoms with van der Waals surface area (Å²) in [5, 5.41) is 24.0. The molecule has 0 aliphatic heterocycles. The zero-order valence-corrected chi connectivity index (χ0v) is 19.1. The summed E-state index contributed by atoms with van der Waals surface area (Å²) in [5.41, 5.74) is -1.45. The Morgan fingerprint density at radius 3 is 1.36 bits per heavy atom. The maximum atomic E-state index is 12.8. The van der Waals surface area contributed by atoms with E-state index in [1.54, 1.807) is 0 Å². The van der Waals surface area contributed by atoms with Crippen molar-refractivity contribution in [2.75, 3.05) is 13.2 Å². The van der Waals surface area contributed by atoms with Crippen LogP contribution < -0.4 is 10.6 Å². The second kappa shape index (κ2) is 11.8. The van der Waals surface area contributed by atoms with E-state index in [1.165, 1.54) is 0 Å². The zero-order chi connectivity index (χ0) is 23.8. The SMILES string of the molecule is O=C(OC1CCCCC1)[C@@H](CO)NC(=O)C1(C(=O)N[C@H](CO)C(=O)OC2CCCCC2)CC1. The molecule has 0 radical (unpaired) electrons. The first kappa shape index (κ1) is 25.4. The Balaban J connectivity index is 1.52. The van der Waals surface area contributed by atoms with Gasteiger partial charge in [0.25, 0.3) is 0 Å². The molecule has 3 rings (SSSR count). The van der Waals surface area contributed by atoms with E-state index in [0.29, 0.717) is 0 Å². The van der Waals surface area contributed by atoms with Crippen LogP contribution in [0.5, 0.6) is 0 Å². The lowest BCUT2D eigenvalue weighted by atomic mass is 9.98. The molecule has 0 aromatic heterocycles. The molecule has 10 heteroatoms. The first-order chi connectivity index (χ1) is 15.9. The van der Waals surface area contributed by atoms with Crippen LogP contribution in [0.4, 0.5) is 0 Å². The summed E-state index contributed by atoms with van der Waals surface area (Å²) in [4.78, 5) is 50.5. The number of carbonyl (C=O) groups excluding carboxylic acids is 4. The summed E-state index contributed by atoms with van der Waals surface area (Å²) < 4.78 is 10.8. The third-order valence-electron chi connectivity index (χ3n) is 6.83. The van der Waals surface area contributed by atoms with Gasteiger partial charge in [0, 0.05) is 0 Å². The van der Waals surface area contributed by atoms with E-state index in [4.69, 9.17) is 9.47 Å². The van der Waals surface area contributed by atoms with Gasteiger partial charge in [-0.2, -0.15) is 0 Å². The molecule has 3 fully saturated rings. The fourth-order valence-corrected chi connectivity index (χ4v) is 4.49. The molecule has 0 spiro atoms. The molecule has 2 atom stereocenters. The second-order valence-electron chi connectivity index (χ2n) is 9.39. The highest BCUT2D eigenvalue weighted by molar-refractivity contribution is 6.09. The largest absolute Gasteiger partial charge is 0.461 e. The number of amides is 2. The molecular formula is C23H36N2O8. The maximum absolute atomic E-state index is 12.8. The van der Waals surface area contributed by atoms with Gasteiger partial charge in [-0.1, -0.05) is 12.8 Å². The van der Waals surface area contributed by atoms with Crippen molar-refractivity contribution in [2.24, 2.45) is 5.41 Å². The van der Waals surface area contributed by atoms with Crippen LogP contribution in [0.1, 0.15) is 77.0 Å². The molecule has 186 valence electrons. The van der Waals surface area contributed by atoms with Crippen molar-refractivity contribution in [1.82, 2.24) is 10.6 Å². The van der Waals surface area contributed by atoms with E-state index >= 15 is 0 Å². The summed E-state index contributed by atoms with van der Waals surface area (Å²) in [5.74, 6) is -2.87. The van der Waals surface area contributed by atoms with E-state index in [-0.39, 0.29) is 25.0 Å². The lowest BCUT2D eigenvalue weighted by Gasteiger charge is -2.26. The van der Waals surface area contributed by atoms with Crippen molar-refractivity contribution in [3.8, 4) is 0 Å². The van der Waals surface area contributed by atoms with E-state index in [2.05, 4.69) is 10.6 Å². The Kier molecular flexibility index (Phi) is 9.08. The Bertz CT molecular complexity index is 655. The fourth-order valence-electron chi connectivity index (χ4n) is 4.49. The van der Waals surface area contributed by atoms with Crippen molar-refractivity contribution in [3.05, 3.63) is 0 Å². The molecule has 10 nitrogen and oxygen atoms in total. The topological polar surface area (TPSA) is 151 Å². The number of carbonyl (C=O) groups is 4. The number of rotatable bonds is 10. The number of hydrogen-bond donors (Lipinski definition) is 4. The molecule has 3 aliphatic carbocycles. The third-order valence-corrected chi connectivity index (χ3v) is 6.83. The van der Waals surface area contributed by atoms with Gasteiger partial charge in [0.05, 0.1) is 13.2 Å². The smallest absolute Gasteiger partial charge is 0.331 e. The summed E-state index contributed by atoms with van der Waals surface area (Å²) in [6.45, 7) is -1.30. The third kappa shape index (κ3) is 6.66. The Labute approximate surface area is 193 Å². The summed E-state index contributed by atoms with van der Waals surface area (Å²) in [6.07, 6.45) is 9.07. The molecule has 0 bridgehead atoms. The summed E-state index contributed by atoms with van der Waals surface area (Å²) >= 11 is 0. The van der Waals surface area contributed by atoms with Crippen molar-refractivity contribution in [2.45, 2.75) is 101 Å². The Morgan fingerprint density at radius 2 is 1.06 bits per heavy atom. The standard InChI is InChI=1S/C23H36N2O8/c26-13-17(19(28)32-15-7-3-1-4-8-15)24-21(30)23(11-12-23)22(31)25-18(14-27)20(29)33-16-9-5-2-6-10-16/h15-18,26-27H,1-14H2,(H,24,30)(H,25,31)/t17-,18-/m1/s1. The normalized spacial score (nSPS) is 22.5. The van der Waals surface area contributed by atoms with Crippen molar-refractivity contribution in [3.63, 3.8) is 0 Å². The molecule has 0 aromatic rings. The molecule has 0 unspecified atom stereocenters. The molecule has 3 saturated carbocycles. The quantitative estimate of drug-likeness (QED) is 0.267. The van der Waals surface area contributed by atoms with Crippen LogP contribution in [0.25, 0.3) is 0 Å². The lowest BCUT2D eigenvalue weighted by molar-refractivity contribution is -0.157. The molecule has 0 aromatic carbocycles. The van der Waals surface area contributed by atoms with Crippen molar-refractivity contribution in [1.29, 1.82) is 0 Å². The number of aliphatic hydroxyl groups excluding tert-OH is 2. The predicted octanol–water partition coefficient (Wildman–Crippen LogP) is 0.473. The molecule has 4 N–H and O–H groups in total. The molecule has 0 saturated heterocycles. The van der Waals surface area contributed by atoms with Gasteiger partial charge >= 0.3 is 11.9 Å². The highest BCUT2D eigenvalue weighted by atomic mass is 16.6. The maximum Gasteiger partial charge on any atom is 0.331 e. The van der Waals surface area contributed by atoms with Gasteiger partial charge in [0.1, 0.15) is 17.6 Å². The number of nitrogens with one attached hydrogen (secondary N) is 2. The number of ether oxygens (including phenoxy) is 2. The summed E-state index contributed by atoms with van der Waals surface area (Å²) in [6, 6.07) is -2.54. The van der Waals surface area contributed by atoms with Crippen LogP contribution in [0.15, 0.2) is 0 Å². The van der Waals surface area contributed by atoms with Gasteiger partial charge in [0.2, 0.25) is 11.8 Å². The number of hydrogen-bond acceptors (Lipinski definition) is 8. The summed E-state index contributed by atoms with van der Waals surface area (Å²) in [7, 11) is 0. The van der Waals surface area contributed by atoms with Crippen molar-refractivity contribution < 1.29 is 38.9 Å². The minimum absolute atomic E-state index is 0.226. The van der Waals surface area contributed by atoms with Crippen LogP contribution in [0, 0.1) is 5.41 Å². The fraction of sp³-hybridized carbons (Fsp3) is 0.826. The number of aliphatic hydroxyl groups is 2. The van der Waals surface area contributed by atoms with Crippen LogP contribution in [0.2, 0.25) is 0 Å². The van der Waals surface area contributed by atoms with Crippen molar-refractivity contribution >= 4 is 23.8 Å².